The van der Waals surface area contributed by atoms with Gasteiger partial charge in [0.1, 0.15) is 6.54 Å². The Morgan fingerprint density at radius 2 is 2.00 bits per heavy atom. The number of rotatable bonds is 2. The molecule has 1 aromatic heterocycles. The summed E-state index contributed by atoms with van der Waals surface area (Å²) in [7, 11) is 0. The monoisotopic (exact) mass is 403 g/mol. The molecule has 110 valence electrons. The topological polar surface area (TPSA) is 42.2 Å². The number of benzene rings is 2. The Balaban J connectivity index is 2.10. The summed E-state index contributed by atoms with van der Waals surface area (Å²) < 4.78 is 3.14. The van der Waals surface area contributed by atoms with Crippen LogP contribution in [0.3, 0.4) is 0 Å². The second-order valence-corrected chi connectivity index (χ2v) is 6.87. The van der Waals surface area contributed by atoms with Gasteiger partial charge in [-0.2, -0.15) is 0 Å². The van der Waals surface area contributed by atoms with Crippen LogP contribution in [0.5, 0.6) is 0 Å². The first kappa shape index (κ1) is 13.8. The fraction of sp³-hybridized carbons (Fsp3) is 0.167. The van der Waals surface area contributed by atoms with Crippen LogP contribution in [0.1, 0.15) is 11.3 Å². The highest BCUT2D eigenvalue weighted by Crippen LogP contribution is 2.41. The van der Waals surface area contributed by atoms with E-state index >= 15 is 0 Å². The fourth-order valence-corrected chi connectivity index (χ4v) is 3.98. The molecule has 3 aromatic rings. The highest BCUT2D eigenvalue weighted by Gasteiger charge is 2.24. The van der Waals surface area contributed by atoms with E-state index in [0.29, 0.717) is 0 Å². The average molecular weight is 403 g/mol. The lowest BCUT2D eigenvalue weighted by Gasteiger charge is -2.18. The number of nitrogens with zero attached hydrogens (tertiary/aromatic N) is 1. The molecule has 1 heterocycles. The van der Waals surface area contributed by atoms with Crippen LogP contribution >= 0.6 is 22.6 Å². The smallest absolute Gasteiger partial charge is 0.323 e. The van der Waals surface area contributed by atoms with Crippen LogP contribution in [0.25, 0.3) is 22.0 Å². The molecule has 0 saturated heterocycles. The number of carboxylic acids is 1. The second-order valence-electron chi connectivity index (χ2n) is 5.62. The zero-order chi connectivity index (χ0) is 15.3. The first-order chi connectivity index (χ1) is 10.6. The number of fused-ring (bicyclic) bond motifs is 5. The molecule has 0 bridgehead atoms. The second kappa shape index (κ2) is 5.12. The fourth-order valence-electron chi connectivity index (χ4n) is 3.49. The number of hydrogen-bond donors (Lipinski definition) is 1. The molecule has 0 fully saturated rings. The molecule has 1 aliphatic rings. The van der Waals surface area contributed by atoms with Gasteiger partial charge in [-0.15, -0.1) is 0 Å². The van der Waals surface area contributed by atoms with Crippen molar-refractivity contribution in [3.63, 3.8) is 0 Å². The minimum Gasteiger partial charge on any atom is -0.480 e. The molecule has 1 N–H and O–H groups in total. The Morgan fingerprint density at radius 1 is 1.18 bits per heavy atom. The number of halogens is 1. The lowest BCUT2D eigenvalue weighted by Crippen LogP contribution is -2.14. The SMILES string of the molecule is O=C(O)Cn1c2c(c3cc(I)ccc31)-c1ccccc1CC2. The van der Waals surface area contributed by atoms with Crippen molar-refractivity contribution in [2.75, 3.05) is 0 Å². The number of aliphatic carboxylic acids is 1. The molecular weight excluding hydrogens is 389 g/mol. The maximum Gasteiger partial charge on any atom is 0.323 e. The third-order valence-electron chi connectivity index (χ3n) is 4.34. The van der Waals surface area contributed by atoms with Crippen molar-refractivity contribution < 1.29 is 9.90 Å². The van der Waals surface area contributed by atoms with E-state index < -0.39 is 5.97 Å². The van der Waals surface area contributed by atoms with Crippen molar-refractivity contribution in [2.45, 2.75) is 19.4 Å². The van der Waals surface area contributed by atoms with E-state index in [0.717, 1.165) is 29.4 Å². The van der Waals surface area contributed by atoms with E-state index in [2.05, 4.69) is 52.9 Å². The zero-order valence-corrected chi connectivity index (χ0v) is 14.0. The van der Waals surface area contributed by atoms with Crippen molar-refractivity contribution in [3.05, 3.63) is 57.3 Å². The minimum absolute atomic E-state index is 0.0224. The van der Waals surface area contributed by atoms with Crippen molar-refractivity contribution >= 4 is 39.5 Å². The Bertz CT molecular complexity index is 911. The highest BCUT2D eigenvalue weighted by atomic mass is 127. The molecule has 4 heteroatoms. The maximum atomic E-state index is 11.3. The Hall–Kier alpha value is -1.82. The van der Waals surface area contributed by atoms with Crippen molar-refractivity contribution in [2.24, 2.45) is 0 Å². The van der Waals surface area contributed by atoms with Crippen LogP contribution in [0, 0.1) is 3.57 Å². The minimum atomic E-state index is -0.794. The molecule has 2 aromatic carbocycles. The number of carboxylic acid groups (broad SMARTS) is 1. The van der Waals surface area contributed by atoms with Gasteiger partial charge in [0, 0.05) is 25.7 Å². The van der Waals surface area contributed by atoms with Crippen LogP contribution in [-0.2, 0) is 24.2 Å². The summed E-state index contributed by atoms with van der Waals surface area (Å²) >= 11 is 2.31. The van der Waals surface area contributed by atoms with Gasteiger partial charge < -0.3 is 9.67 Å². The molecule has 0 atom stereocenters. The summed E-state index contributed by atoms with van der Waals surface area (Å²) in [5, 5.41) is 10.4. The quantitative estimate of drug-likeness (QED) is 0.655. The van der Waals surface area contributed by atoms with Crippen LogP contribution in [-0.4, -0.2) is 15.6 Å². The van der Waals surface area contributed by atoms with E-state index in [4.69, 9.17) is 0 Å². The molecule has 0 unspecified atom stereocenters. The predicted octanol–water partition coefficient (Wildman–Crippen LogP) is 4.10. The van der Waals surface area contributed by atoms with Gasteiger partial charge >= 0.3 is 5.97 Å². The maximum absolute atomic E-state index is 11.3. The van der Waals surface area contributed by atoms with Gasteiger partial charge in [0.25, 0.3) is 0 Å². The molecule has 0 amide bonds. The summed E-state index contributed by atoms with van der Waals surface area (Å²) in [6.07, 6.45) is 1.86. The lowest BCUT2D eigenvalue weighted by atomic mass is 9.88. The Labute approximate surface area is 141 Å². The molecule has 3 nitrogen and oxygen atoms in total. The summed E-state index contributed by atoms with van der Waals surface area (Å²) in [5.41, 5.74) is 5.99. The van der Waals surface area contributed by atoms with Gasteiger partial charge in [0.05, 0.1) is 0 Å². The molecule has 0 saturated carbocycles. The van der Waals surface area contributed by atoms with Crippen LogP contribution in [0.4, 0.5) is 0 Å². The van der Waals surface area contributed by atoms with Gasteiger partial charge in [0.15, 0.2) is 0 Å². The van der Waals surface area contributed by atoms with Crippen molar-refractivity contribution in [3.8, 4) is 11.1 Å². The molecule has 4 rings (SSSR count). The number of carbonyl (C=O) groups is 1. The van der Waals surface area contributed by atoms with Crippen LogP contribution in [0.2, 0.25) is 0 Å². The molecule has 0 aliphatic heterocycles. The van der Waals surface area contributed by atoms with Gasteiger partial charge in [0.2, 0.25) is 0 Å². The molecule has 0 spiro atoms. The molecule has 1 aliphatic carbocycles. The van der Waals surface area contributed by atoms with Crippen molar-refractivity contribution in [1.29, 1.82) is 0 Å². The summed E-state index contributed by atoms with van der Waals surface area (Å²) in [6.45, 7) is 0.0224. The van der Waals surface area contributed by atoms with Gasteiger partial charge in [-0.05, 0) is 64.8 Å². The predicted molar refractivity (Wildman–Crippen MR) is 95.1 cm³/mol. The average Bonchev–Trinajstić information content (AvgIpc) is 2.80. The number of hydrogen-bond acceptors (Lipinski definition) is 1. The molecule has 22 heavy (non-hydrogen) atoms. The third kappa shape index (κ3) is 2.05. The normalized spacial score (nSPS) is 13.0. The zero-order valence-electron chi connectivity index (χ0n) is 11.8. The molecule has 0 radical (unpaired) electrons. The highest BCUT2D eigenvalue weighted by molar-refractivity contribution is 14.1. The third-order valence-corrected chi connectivity index (χ3v) is 5.02. The number of aryl methyl sites for hydroxylation is 1. The van der Waals surface area contributed by atoms with Gasteiger partial charge in [-0.25, -0.2) is 0 Å². The summed E-state index contributed by atoms with van der Waals surface area (Å²) in [4.78, 5) is 11.3. The van der Waals surface area contributed by atoms with E-state index in [1.165, 1.54) is 20.3 Å². The van der Waals surface area contributed by atoms with E-state index in [9.17, 15) is 9.90 Å². The first-order valence-electron chi connectivity index (χ1n) is 7.26. The van der Waals surface area contributed by atoms with Crippen LogP contribution in [0.15, 0.2) is 42.5 Å². The molecular formula is C18H14INO2. The lowest BCUT2D eigenvalue weighted by molar-refractivity contribution is -0.137. The summed E-state index contributed by atoms with van der Waals surface area (Å²) in [5.74, 6) is -0.794. The number of aromatic nitrogens is 1. The van der Waals surface area contributed by atoms with E-state index in [1.54, 1.807) is 0 Å². The van der Waals surface area contributed by atoms with Gasteiger partial charge in [-0.3, -0.25) is 4.79 Å². The van der Waals surface area contributed by atoms with Crippen molar-refractivity contribution in [1.82, 2.24) is 4.57 Å². The summed E-state index contributed by atoms with van der Waals surface area (Å²) in [6, 6.07) is 14.7. The standard InChI is InChI=1S/C18H14INO2/c19-12-6-8-15-14(9-12)18-13-4-2-1-3-11(13)5-7-16(18)20(15)10-17(21)22/h1-4,6,8-9H,5,7,10H2,(H,21,22). The van der Waals surface area contributed by atoms with Gasteiger partial charge in [-0.1, -0.05) is 24.3 Å². The first-order valence-corrected chi connectivity index (χ1v) is 8.33. The largest absolute Gasteiger partial charge is 0.480 e. The van der Waals surface area contributed by atoms with Crippen LogP contribution < -0.4 is 0 Å². The van der Waals surface area contributed by atoms with E-state index in [1.807, 2.05) is 16.7 Å². The van der Waals surface area contributed by atoms with E-state index in [-0.39, 0.29) is 6.54 Å². The Kier molecular flexibility index (Phi) is 3.22. The Morgan fingerprint density at radius 3 is 2.82 bits per heavy atom.